The zero-order chi connectivity index (χ0) is 17.3. The van der Waals surface area contributed by atoms with Gasteiger partial charge in [-0.2, -0.15) is 0 Å². The summed E-state index contributed by atoms with van der Waals surface area (Å²) in [6.07, 6.45) is 0.450. The van der Waals surface area contributed by atoms with E-state index in [2.05, 4.69) is 10.1 Å². The minimum atomic E-state index is -0.888. The molecule has 0 saturated carbocycles. The lowest BCUT2D eigenvalue weighted by molar-refractivity contribution is -0.141. The summed E-state index contributed by atoms with van der Waals surface area (Å²) in [5.41, 5.74) is 1.03. The number of esters is 1. The van der Waals surface area contributed by atoms with Gasteiger partial charge < -0.3 is 24.5 Å². The molecule has 2 amide bonds. The van der Waals surface area contributed by atoms with Crippen LogP contribution in [0.1, 0.15) is 17.0 Å². The number of likely N-dealkylation sites (tertiary alicyclic amines) is 1. The van der Waals surface area contributed by atoms with Gasteiger partial charge in [0.25, 0.3) is 0 Å². The minimum absolute atomic E-state index is 0.0832. The van der Waals surface area contributed by atoms with Crippen molar-refractivity contribution in [3.63, 3.8) is 0 Å². The Kier molecular flexibility index (Phi) is 4.11. The number of carbonyl (C=O) groups is 3. The molecule has 1 atom stereocenters. The van der Waals surface area contributed by atoms with Crippen LogP contribution in [0.4, 0.5) is 10.5 Å². The second-order valence-electron chi connectivity index (χ2n) is 5.55. The highest BCUT2D eigenvalue weighted by Crippen LogP contribution is 2.24. The van der Waals surface area contributed by atoms with Crippen molar-refractivity contribution in [2.24, 2.45) is 5.92 Å². The lowest BCUT2D eigenvalue weighted by atomic mass is 10.1. The molecule has 126 valence electrons. The zero-order valence-corrected chi connectivity index (χ0v) is 12.9. The molecule has 1 fully saturated rings. The van der Waals surface area contributed by atoms with E-state index < -0.39 is 17.9 Å². The van der Waals surface area contributed by atoms with Gasteiger partial charge in [0.15, 0.2) is 0 Å². The number of nitrogens with zero attached hydrogens (tertiary/aromatic N) is 1. The number of benzene rings is 1. The maximum atomic E-state index is 12.2. The van der Waals surface area contributed by atoms with Crippen LogP contribution in [0.2, 0.25) is 0 Å². The first-order chi connectivity index (χ1) is 11.5. The Labute approximate surface area is 137 Å². The largest absolute Gasteiger partial charge is 0.481 e. The number of furan rings is 1. The van der Waals surface area contributed by atoms with E-state index in [0.717, 1.165) is 0 Å². The summed E-state index contributed by atoms with van der Waals surface area (Å²) in [6, 6.07) is 6.15. The smallest absolute Gasteiger partial charge is 0.373 e. The lowest BCUT2D eigenvalue weighted by Gasteiger charge is -2.16. The van der Waals surface area contributed by atoms with E-state index >= 15 is 0 Å². The highest BCUT2D eigenvalue weighted by Gasteiger charge is 2.30. The fourth-order valence-electron chi connectivity index (χ4n) is 2.67. The monoisotopic (exact) mass is 332 g/mol. The standard InChI is InChI=1S/C16H16N2O6/c1-23-15(21)13-7-10-6-11(2-3-12(10)24-13)17-16(22)18-5-4-9(8-18)14(19)20/h2-3,6-7,9H,4-5,8H2,1H3,(H,17,22)(H,19,20). The molecule has 2 N–H and O–H groups in total. The fourth-order valence-corrected chi connectivity index (χ4v) is 2.67. The van der Waals surface area contributed by atoms with Crippen molar-refractivity contribution >= 4 is 34.6 Å². The van der Waals surface area contributed by atoms with Gasteiger partial charge in [-0.1, -0.05) is 0 Å². The molecule has 8 heteroatoms. The molecule has 8 nitrogen and oxygen atoms in total. The third kappa shape index (κ3) is 3.03. The Morgan fingerprint density at radius 1 is 1.33 bits per heavy atom. The van der Waals surface area contributed by atoms with Crippen LogP contribution in [0.15, 0.2) is 28.7 Å². The highest BCUT2D eigenvalue weighted by atomic mass is 16.5. The van der Waals surface area contributed by atoms with Gasteiger partial charge in [-0.05, 0) is 30.7 Å². The quantitative estimate of drug-likeness (QED) is 0.834. The van der Waals surface area contributed by atoms with Gasteiger partial charge in [-0.25, -0.2) is 9.59 Å². The first-order valence-electron chi connectivity index (χ1n) is 7.38. The Bertz CT molecular complexity index is 812. The first kappa shape index (κ1) is 15.9. The molecule has 24 heavy (non-hydrogen) atoms. The van der Waals surface area contributed by atoms with Crippen LogP contribution >= 0.6 is 0 Å². The fraction of sp³-hybridized carbons (Fsp3) is 0.312. The van der Waals surface area contributed by atoms with Crippen LogP contribution in [-0.2, 0) is 9.53 Å². The van der Waals surface area contributed by atoms with Gasteiger partial charge in [0.1, 0.15) is 5.58 Å². The number of ether oxygens (including phenoxy) is 1. The Hall–Kier alpha value is -3.03. The van der Waals surface area contributed by atoms with E-state index in [1.54, 1.807) is 18.2 Å². The number of hydrogen-bond donors (Lipinski definition) is 2. The summed E-state index contributed by atoms with van der Waals surface area (Å²) in [7, 11) is 1.27. The molecule has 1 aliphatic rings. The van der Waals surface area contributed by atoms with E-state index in [9.17, 15) is 14.4 Å². The SMILES string of the molecule is COC(=O)c1cc2cc(NC(=O)N3CCC(C(=O)O)C3)ccc2o1. The molecule has 1 aromatic heterocycles. The summed E-state index contributed by atoms with van der Waals surface area (Å²) in [4.78, 5) is 36.1. The second-order valence-corrected chi connectivity index (χ2v) is 5.55. The minimum Gasteiger partial charge on any atom is -0.481 e. The molecule has 2 aromatic rings. The molecule has 0 bridgehead atoms. The van der Waals surface area contributed by atoms with E-state index in [4.69, 9.17) is 9.52 Å². The molecule has 0 spiro atoms. The van der Waals surface area contributed by atoms with Crippen molar-refractivity contribution in [3.05, 3.63) is 30.0 Å². The van der Waals surface area contributed by atoms with Crippen LogP contribution in [-0.4, -0.2) is 48.2 Å². The van der Waals surface area contributed by atoms with Crippen molar-refractivity contribution in [3.8, 4) is 0 Å². The first-order valence-corrected chi connectivity index (χ1v) is 7.38. The molecule has 2 heterocycles. The average molecular weight is 332 g/mol. The van der Waals surface area contributed by atoms with Crippen molar-refractivity contribution in [1.29, 1.82) is 0 Å². The number of fused-ring (bicyclic) bond motifs is 1. The number of carbonyl (C=O) groups excluding carboxylic acids is 2. The highest BCUT2D eigenvalue weighted by molar-refractivity contribution is 5.96. The molecule has 3 rings (SSSR count). The lowest BCUT2D eigenvalue weighted by Crippen LogP contribution is -2.33. The number of carboxylic acids is 1. The number of methoxy groups -OCH3 is 1. The third-order valence-electron chi connectivity index (χ3n) is 3.98. The van der Waals surface area contributed by atoms with Crippen LogP contribution < -0.4 is 5.32 Å². The zero-order valence-electron chi connectivity index (χ0n) is 12.9. The molecule has 0 aliphatic carbocycles. The molecular weight excluding hydrogens is 316 g/mol. The van der Waals surface area contributed by atoms with Crippen molar-refractivity contribution in [2.45, 2.75) is 6.42 Å². The predicted molar refractivity (Wildman–Crippen MR) is 83.9 cm³/mol. The number of amides is 2. The van der Waals surface area contributed by atoms with Gasteiger partial charge in [0.05, 0.1) is 13.0 Å². The van der Waals surface area contributed by atoms with Crippen LogP contribution in [0.25, 0.3) is 11.0 Å². The molecule has 1 aromatic carbocycles. The normalized spacial score (nSPS) is 17.0. The third-order valence-corrected chi connectivity index (χ3v) is 3.98. The molecule has 0 radical (unpaired) electrons. The van der Waals surface area contributed by atoms with Crippen LogP contribution in [0.5, 0.6) is 0 Å². The summed E-state index contributed by atoms with van der Waals surface area (Å²) < 4.78 is 9.96. The van der Waals surface area contributed by atoms with Gasteiger partial charge in [0.2, 0.25) is 5.76 Å². The maximum absolute atomic E-state index is 12.2. The summed E-state index contributed by atoms with van der Waals surface area (Å²) in [5, 5.41) is 12.4. The van der Waals surface area contributed by atoms with Crippen molar-refractivity contribution in [2.75, 3.05) is 25.5 Å². The molecule has 1 saturated heterocycles. The number of rotatable bonds is 3. The Morgan fingerprint density at radius 2 is 2.12 bits per heavy atom. The van der Waals surface area contributed by atoms with Crippen LogP contribution in [0, 0.1) is 5.92 Å². The van der Waals surface area contributed by atoms with Crippen LogP contribution in [0.3, 0.4) is 0 Å². The van der Waals surface area contributed by atoms with Gasteiger partial charge in [-0.3, -0.25) is 4.79 Å². The molecule has 1 unspecified atom stereocenters. The number of anilines is 1. The maximum Gasteiger partial charge on any atom is 0.373 e. The summed E-state index contributed by atoms with van der Waals surface area (Å²) in [5.74, 6) is -1.90. The molecular formula is C16H16N2O6. The van der Waals surface area contributed by atoms with Crippen molar-refractivity contribution < 1.29 is 28.6 Å². The number of hydrogen-bond acceptors (Lipinski definition) is 5. The van der Waals surface area contributed by atoms with Gasteiger partial charge >= 0.3 is 18.0 Å². The van der Waals surface area contributed by atoms with E-state index in [1.807, 2.05) is 0 Å². The van der Waals surface area contributed by atoms with E-state index in [0.29, 0.717) is 29.6 Å². The Balaban J connectivity index is 1.72. The number of urea groups is 1. The van der Waals surface area contributed by atoms with E-state index in [1.165, 1.54) is 18.1 Å². The summed E-state index contributed by atoms with van der Waals surface area (Å²) in [6.45, 7) is 0.602. The van der Waals surface area contributed by atoms with Gasteiger partial charge in [-0.15, -0.1) is 0 Å². The Morgan fingerprint density at radius 3 is 2.79 bits per heavy atom. The molecule has 1 aliphatic heterocycles. The van der Waals surface area contributed by atoms with Crippen molar-refractivity contribution in [1.82, 2.24) is 4.90 Å². The average Bonchev–Trinajstić information content (AvgIpc) is 3.20. The summed E-state index contributed by atoms with van der Waals surface area (Å²) >= 11 is 0. The second kappa shape index (κ2) is 6.23. The topological polar surface area (TPSA) is 109 Å². The number of aliphatic carboxylic acids is 1. The van der Waals surface area contributed by atoms with E-state index in [-0.39, 0.29) is 18.3 Å². The van der Waals surface area contributed by atoms with Gasteiger partial charge in [0, 0.05) is 24.2 Å². The number of nitrogens with one attached hydrogen (secondary N) is 1. The number of carboxylic acid groups (broad SMARTS) is 1. The predicted octanol–water partition coefficient (Wildman–Crippen LogP) is 2.16.